The van der Waals surface area contributed by atoms with Crippen LogP contribution in [0, 0.1) is 0 Å². The molecule has 0 saturated heterocycles. The molecule has 6 heavy (non-hydrogen) atoms. The SMILES string of the molecule is C[PH](O)(O)O.[AlH3]. The van der Waals surface area contributed by atoms with E-state index >= 15 is 0 Å². The molecule has 0 unspecified atom stereocenters. The summed E-state index contributed by atoms with van der Waals surface area (Å²) in [5.41, 5.74) is 0. The van der Waals surface area contributed by atoms with Crippen LogP contribution in [0.2, 0.25) is 0 Å². The Balaban J connectivity index is 0. The van der Waals surface area contributed by atoms with E-state index in [0.717, 1.165) is 6.66 Å². The fraction of sp³-hybridized carbons (Fsp3) is 1.00. The second kappa shape index (κ2) is 2.93. The minimum atomic E-state index is -3.61. The maximum Gasteiger partial charge on any atom is 0.187 e. The van der Waals surface area contributed by atoms with Gasteiger partial charge in [0.25, 0.3) is 0 Å². The molecule has 40 valence electrons. The molecule has 0 aliphatic heterocycles. The first kappa shape index (κ1) is 9.96. The van der Waals surface area contributed by atoms with E-state index in [4.69, 9.17) is 14.7 Å². The molecule has 0 aromatic carbocycles. The third-order valence-corrected chi connectivity index (χ3v) is 0. The molecule has 5 heteroatoms. The molecule has 0 fully saturated rings. The van der Waals surface area contributed by atoms with Crippen LogP contribution in [0.1, 0.15) is 0 Å². The van der Waals surface area contributed by atoms with E-state index in [9.17, 15) is 0 Å². The zero-order chi connectivity index (χ0) is 4.50. The quantitative estimate of drug-likeness (QED) is 0.259. The van der Waals surface area contributed by atoms with Gasteiger partial charge in [0.15, 0.2) is 17.4 Å². The number of rotatable bonds is 0. The van der Waals surface area contributed by atoms with Crippen LogP contribution >= 0.6 is 7.94 Å². The van der Waals surface area contributed by atoms with Gasteiger partial charge in [0.05, 0.1) is 0 Å². The van der Waals surface area contributed by atoms with E-state index in [1.54, 1.807) is 0 Å². The van der Waals surface area contributed by atoms with Crippen LogP contribution < -0.4 is 0 Å². The Morgan fingerprint density at radius 2 is 1.17 bits per heavy atom. The Bertz CT molecular complexity index is 26.3. The van der Waals surface area contributed by atoms with Gasteiger partial charge in [0.1, 0.15) is 0 Å². The van der Waals surface area contributed by atoms with E-state index in [1.807, 2.05) is 0 Å². The monoisotopic (exact) mass is 128 g/mol. The molecule has 0 saturated carbocycles. The molecule has 0 bridgehead atoms. The van der Waals surface area contributed by atoms with Crippen molar-refractivity contribution < 1.29 is 14.7 Å². The molecular formula is CH10AlO3P. The van der Waals surface area contributed by atoms with Crippen molar-refractivity contribution in [2.24, 2.45) is 0 Å². The summed E-state index contributed by atoms with van der Waals surface area (Å²) in [6, 6.07) is 0. The van der Waals surface area contributed by atoms with Gasteiger partial charge in [0, 0.05) is 0 Å². The summed E-state index contributed by atoms with van der Waals surface area (Å²) >= 11 is 0. The minimum Gasteiger partial charge on any atom is 0.187 e. The van der Waals surface area contributed by atoms with Gasteiger partial charge in [-0.1, -0.05) is 0 Å². The second-order valence-corrected chi connectivity index (χ2v) is 2.91. The fourth-order valence-electron chi connectivity index (χ4n) is 0. The van der Waals surface area contributed by atoms with Gasteiger partial charge in [-0.2, -0.15) is 0 Å². The second-order valence-electron chi connectivity index (χ2n) is 0.971. The Labute approximate surface area is 47.3 Å². The van der Waals surface area contributed by atoms with Crippen molar-refractivity contribution >= 4 is 25.3 Å². The topological polar surface area (TPSA) is 60.7 Å². The van der Waals surface area contributed by atoms with E-state index < -0.39 is 7.94 Å². The molecule has 0 spiro atoms. The van der Waals surface area contributed by atoms with Gasteiger partial charge >= 0.3 is 29.3 Å². The molecule has 0 aliphatic carbocycles. The zero-order valence-corrected chi connectivity index (χ0v) is 3.84. The van der Waals surface area contributed by atoms with Crippen LogP contribution in [-0.4, -0.2) is 38.7 Å². The third kappa shape index (κ3) is 101. The van der Waals surface area contributed by atoms with Crippen molar-refractivity contribution in [3.8, 4) is 0 Å². The maximum absolute atomic E-state index is 7.77. The molecule has 0 aliphatic rings. The molecule has 0 amide bonds. The van der Waals surface area contributed by atoms with Crippen molar-refractivity contribution in [1.29, 1.82) is 0 Å². The Morgan fingerprint density at radius 3 is 1.17 bits per heavy atom. The number of hydrogen-bond acceptors (Lipinski definition) is 3. The average Bonchev–Trinajstić information content (AvgIpc) is 0.722. The summed E-state index contributed by atoms with van der Waals surface area (Å²) in [6.45, 7) is 0.993. The first-order valence-corrected chi connectivity index (χ1v) is 3.51. The summed E-state index contributed by atoms with van der Waals surface area (Å²) < 4.78 is 0. The van der Waals surface area contributed by atoms with Crippen LogP contribution in [-0.2, 0) is 0 Å². The maximum atomic E-state index is 7.77. The Hall–Kier alpha value is 0.842. The van der Waals surface area contributed by atoms with Crippen molar-refractivity contribution in [2.45, 2.75) is 0 Å². The molecule has 0 radical (unpaired) electrons. The normalized spacial score (nSPS) is 12.7. The summed E-state index contributed by atoms with van der Waals surface area (Å²) in [7, 11) is -3.61. The predicted octanol–water partition coefficient (Wildman–Crippen LogP) is -2.10. The predicted molar refractivity (Wildman–Crippen MR) is 30.8 cm³/mol. The first-order valence-electron chi connectivity index (χ1n) is 1.17. The third-order valence-electron chi connectivity index (χ3n) is 0. The van der Waals surface area contributed by atoms with Crippen molar-refractivity contribution in [2.75, 3.05) is 6.66 Å². The largest absolute Gasteiger partial charge is 0.187 e. The summed E-state index contributed by atoms with van der Waals surface area (Å²) in [4.78, 5) is 23.3. The van der Waals surface area contributed by atoms with Gasteiger partial charge < -0.3 is 0 Å². The number of hydrogen-bond donors (Lipinski definition) is 3. The van der Waals surface area contributed by atoms with Crippen LogP contribution in [0.25, 0.3) is 0 Å². The standard InChI is InChI=1S/CH7O3P.Al.3H/c1-5(2,3)4;;;;/h2-5H,1H3;;;;. The van der Waals surface area contributed by atoms with E-state index in [2.05, 4.69) is 0 Å². The van der Waals surface area contributed by atoms with Gasteiger partial charge in [-0.3, -0.25) is 0 Å². The molecule has 0 heterocycles. The van der Waals surface area contributed by atoms with Crippen molar-refractivity contribution in [3.05, 3.63) is 0 Å². The van der Waals surface area contributed by atoms with E-state index in [1.165, 1.54) is 0 Å². The molecule has 0 aromatic heterocycles. The zero-order valence-electron chi connectivity index (χ0n) is 2.84. The van der Waals surface area contributed by atoms with E-state index in [-0.39, 0.29) is 17.4 Å². The Kier molecular flexibility index (Phi) is 4.86. The average molecular weight is 128 g/mol. The molecule has 0 atom stereocenters. The Morgan fingerprint density at radius 1 is 1.17 bits per heavy atom. The fourth-order valence-corrected chi connectivity index (χ4v) is 0. The first-order chi connectivity index (χ1) is 2.00. The van der Waals surface area contributed by atoms with Crippen molar-refractivity contribution in [3.63, 3.8) is 0 Å². The summed E-state index contributed by atoms with van der Waals surface area (Å²) in [6.07, 6.45) is 0. The van der Waals surface area contributed by atoms with Crippen LogP contribution in [0.15, 0.2) is 0 Å². The molecular weight excluding hydrogens is 118 g/mol. The molecule has 3 N–H and O–H groups in total. The minimum absolute atomic E-state index is 0. The van der Waals surface area contributed by atoms with E-state index in [0.29, 0.717) is 0 Å². The van der Waals surface area contributed by atoms with Gasteiger partial charge in [-0.25, -0.2) is 0 Å². The van der Waals surface area contributed by atoms with Crippen LogP contribution in [0.3, 0.4) is 0 Å². The van der Waals surface area contributed by atoms with Gasteiger partial charge in [-0.05, 0) is 0 Å². The summed E-state index contributed by atoms with van der Waals surface area (Å²) in [5, 5.41) is 0. The summed E-state index contributed by atoms with van der Waals surface area (Å²) in [5.74, 6) is 0. The van der Waals surface area contributed by atoms with Gasteiger partial charge in [-0.15, -0.1) is 0 Å². The van der Waals surface area contributed by atoms with Gasteiger partial charge in [0.2, 0.25) is 0 Å². The molecule has 3 nitrogen and oxygen atoms in total. The smallest absolute Gasteiger partial charge is 0.187 e. The van der Waals surface area contributed by atoms with Crippen molar-refractivity contribution in [1.82, 2.24) is 0 Å². The molecule has 0 aromatic rings. The van der Waals surface area contributed by atoms with Crippen LogP contribution in [0.5, 0.6) is 0 Å². The van der Waals surface area contributed by atoms with Crippen LogP contribution in [0.4, 0.5) is 0 Å². The molecule has 0 rings (SSSR count).